The summed E-state index contributed by atoms with van der Waals surface area (Å²) in [6.07, 6.45) is 4.40. The molecule has 0 aliphatic carbocycles. The van der Waals surface area contributed by atoms with Crippen molar-refractivity contribution in [2.45, 2.75) is 32.4 Å². The molecule has 0 aromatic carbocycles. The predicted molar refractivity (Wildman–Crippen MR) is 62.6 cm³/mol. The highest BCUT2D eigenvalue weighted by Gasteiger charge is 2.28. The minimum absolute atomic E-state index is 0.220. The van der Waals surface area contributed by atoms with Crippen LogP contribution in [-0.4, -0.2) is 35.2 Å². The molecule has 0 spiro atoms. The van der Waals surface area contributed by atoms with Crippen LogP contribution in [-0.2, 0) is 0 Å². The molecule has 2 atom stereocenters. The number of nitrogens with zero attached hydrogens (tertiary/aromatic N) is 3. The van der Waals surface area contributed by atoms with E-state index in [4.69, 9.17) is 10.5 Å². The van der Waals surface area contributed by atoms with Crippen LogP contribution in [0.1, 0.15) is 20.3 Å². The summed E-state index contributed by atoms with van der Waals surface area (Å²) in [5, 5.41) is 0. The lowest BCUT2D eigenvalue weighted by Crippen LogP contribution is -2.37. The molecule has 16 heavy (non-hydrogen) atoms. The fourth-order valence-electron chi connectivity index (χ4n) is 1.98. The van der Waals surface area contributed by atoms with E-state index in [-0.39, 0.29) is 6.04 Å². The highest BCUT2D eigenvalue weighted by atomic mass is 16.5. The number of ether oxygens (including phenoxy) is 1. The number of aromatic nitrogens is 2. The summed E-state index contributed by atoms with van der Waals surface area (Å²) in [4.78, 5) is 10.7. The first-order valence-electron chi connectivity index (χ1n) is 5.69. The third-order valence-electron chi connectivity index (χ3n) is 3.00. The third-order valence-corrected chi connectivity index (χ3v) is 3.00. The van der Waals surface area contributed by atoms with E-state index in [1.807, 2.05) is 6.92 Å². The Balaban J connectivity index is 2.17. The van der Waals surface area contributed by atoms with E-state index < -0.39 is 0 Å². The van der Waals surface area contributed by atoms with Gasteiger partial charge in [-0.2, -0.15) is 4.98 Å². The molecule has 0 bridgehead atoms. The molecular formula is C11H18N4O. The Morgan fingerprint density at radius 2 is 2.38 bits per heavy atom. The number of hydrogen-bond acceptors (Lipinski definition) is 5. The molecular weight excluding hydrogens is 204 g/mol. The van der Waals surface area contributed by atoms with E-state index >= 15 is 0 Å². The Morgan fingerprint density at radius 1 is 1.56 bits per heavy atom. The van der Waals surface area contributed by atoms with E-state index in [2.05, 4.69) is 21.8 Å². The zero-order valence-electron chi connectivity index (χ0n) is 9.76. The van der Waals surface area contributed by atoms with Crippen molar-refractivity contribution in [1.29, 1.82) is 0 Å². The molecule has 2 unspecified atom stereocenters. The van der Waals surface area contributed by atoms with Gasteiger partial charge in [0, 0.05) is 18.6 Å². The molecule has 1 aromatic heterocycles. The SMILES string of the molecule is CCOc1cncc(N2CCC(N)C2C)n1. The van der Waals surface area contributed by atoms with Gasteiger partial charge in [0.15, 0.2) is 5.82 Å². The van der Waals surface area contributed by atoms with Gasteiger partial charge >= 0.3 is 0 Å². The average Bonchev–Trinajstić information content (AvgIpc) is 2.61. The zero-order valence-corrected chi connectivity index (χ0v) is 9.76. The molecule has 5 nitrogen and oxygen atoms in total. The molecule has 1 saturated heterocycles. The highest BCUT2D eigenvalue weighted by Crippen LogP contribution is 2.23. The molecule has 0 saturated carbocycles. The van der Waals surface area contributed by atoms with Gasteiger partial charge in [0.2, 0.25) is 5.88 Å². The van der Waals surface area contributed by atoms with Crippen molar-refractivity contribution < 1.29 is 4.74 Å². The maximum Gasteiger partial charge on any atom is 0.234 e. The Bertz CT molecular complexity index is 358. The standard InChI is InChI=1S/C11H18N4O/c1-3-16-11-7-13-6-10(14-11)15-5-4-9(12)8(15)2/h6-9H,3-5,12H2,1-2H3. The lowest BCUT2D eigenvalue weighted by molar-refractivity contribution is 0.325. The molecule has 5 heteroatoms. The quantitative estimate of drug-likeness (QED) is 0.819. The highest BCUT2D eigenvalue weighted by molar-refractivity contribution is 5.41. The Kier molecular flexibility index (Phi) is 3.24. The second kappa shape index (κ2) is 4.65. The van der Waals surface area contributed by atoms with Crippen molar-refractivity contribution in [2.24, 2.45) is 5.73 Å². The van der Waals surface area contributed by atoms with Crippen LogP contribution in [0.25, 0.3) is 0 Å². The zero-order chi connectivity index (χ0) is 11.5. The van der Waals surface area contributed by atoms with Crippen LogP contribution in [0.3, 0.4) is 0 Å². The Morgan fingerprint density at radius 3 is 3.00 bits per heavy atom. The van der Waals surface area contributed by atoms with Gasteiger partial charge in [0.1, 0.15) is 0 Å². The predicted octanol–water partition coefficient (Wildman–Crippen LogP) is 0.801. The maximum absolute atomic E-state index is 5.98. The van der Waals surface area contributed by atoms with Gasteiger partial charge in [0.25, 0.3) is 0 Å². The van der Waals surface area contributed by atoms with E-state index in [0.717, 1.165) is 18.8 Å². The minimum atomic E-state index is 0.220. The van der Waals surface area contributed by atoms with Crippen LogP contribution in [0.2, 0.25) is 0 Å². The Labute approximate surface area is 95.6 Å². The first-order valence-corrected chi connectivity index (χ1v) is 5.69. The first-order chi connectivity index (χ1) is 7.72. The van der Waals surface area contributed by atoms with Gasteiger partial charge in [-0.3, -0.25) is 4.98 Å². The van der Waals surface area contributed by atoms with Gasteiger partial charge in [-0.05, 0) is 20.3 Å². The van der Waals surface area contributed by atoms with Gasteiger partial charge in [-0.1, -0.05) is 0 Å². The average molecular weight is 222 g/mol. The van der Waals surface area contributed by atoms with Crippen molar-refractivity contribution >= 4 is 5.82 Å². The molecule has 2 N–H and O–H groups in total. The van der Waals surface area contributed by atoms with Crippen LogP contribution >= 0.6 is 0 Å². The van der Waals surface area contributed by atoms with E-state index in [1.165, 1.54) is 0 Å². The fraction of sp³-hybridized carbons (Fsp3) is 0.636. The molecule has 0 radical (unpaired) electrons. The maximum atomic E-state index is 5.98. The number of hydrogen-bond donors (Lipinski definition) is 1. The van der Waals surface area contributed by atoms with Crippen molar-refractivity contribution in [3.05, 3.63) is 12.4 Å². The lowest BCUT2D eigenvalue weighted by atomic mass is 10.2. The second-order valence-electron chi connectivity index (χ2n) is 4.04. The van der Waals surface area contributed by atoms with Gasteiger partial charge in [0.05, 0.1) is 19.0 Å². The molecule has 1 aliphatic rings. The van der Waals surface area contributed by atoms with Crippen molar-refractivity contribution in [1.82, 2.24) is 9.97 Å². The van der Waals surface area contributed by atoms with Gasteiger partial charge in [-0.25, -0.2) is 0 Å². The van der Waals surface area contributed by atoms with Crippen LogP contribution in [0.4, 0.5) is 5.82 Å². The van der Waals surface area contributed by atoms with Crippen LogP contribution in [0.15, 0.2) is 12.4 Å². The van der Waals surface area contributed by atoms with E-state index in [1.54, 1.807) is 12.4 Å². The minimum Gasteiger partial charge on any atom is -0.477 e. The summed E-state index contributed by atoms with van der Waals surface area (Å²) in [5.74, 6) is 1.43. The fourth-order valence-corrected chi connectivity index (χ4v) is 1.98. The molecule has 2 rings (SSSR count). The van der Waals surface area contributed by atoms with E-state index in [0.29, 0.717) is 18.5 Å². The van der Waals surface area contributed by atoms with Crippen LogP contribution in [0, 0.1) is 0 Å². The summed E-state index contributed by atoms with van der Waals surface area (Å²) >= 11 is 0. The summed E-state index contributed by atoms with van der Waals surface area (Å²) in [7, 11) is 0. The molecule has 1 aliphatic heterocycles. The van der Waals surface area contributed by atoms with Crippen molar-refractivity contribution in [3.63, 3.8) is 0 Å². The second-order valence-corrected chi connectivity index (χ2v) is 4.04. The lowest BCUT2D eigenvalue weighted by Gasteiger charge is -2.23. The summed E-state index contributed by atoms with van der Waals surface area (Å²) in [6.45, 7) is 5.59. The largest absolute Gasteiger partial charge is 0.477 e. The monoisotopic (exact) mass is 222 g/mol. The first kappa shape index (κ1) is 11.1. The van der Waals surface area contributed by atoms with Gasteiger partial charge in [-0.15, -0.1) is 0 Å². The molecule has 0 amide bonds. The number of anilines is 1. The normalized spacial score (nSPS) is 24.8. The number of nitrogens with two attached hydrogens (primary N) is 1. The third kappa shape index (κ3) is 2.09. The Hall–Kier alpha value is -1.36. The van der Waals surface area contributed by atoms with Crippen LogP contribution < -0.4 is 15.4 Å². The van der Waals surface area contributed by atoms with Crippen molar-refractivity contribution in [3.8, 4) is 5.88 Å². The summed E-state index contributed by atoms with van der Waals surface area (Å²) in [6, 6.07) is 0.531. The van der Waals surface area contributed by atoms with E-state index in [9.17, 15) is 0 Å². The topological polar surface area (TPSA) is 64.3 Å². The molecule has 88 valence electrons. The summed E-state index contributed by atoms with van der Waals surface area (Å²) < 4.78 is 5.34. The molecule has 2 heterocycles. The van der Waals surface area contributed by atoms with Crippen molar-refractivity contribution in [2.75, 3.05) is 18.1 Å². The van der Waals surface area contributed by atoms with Crippen LogP contribution in [0.5, 0.6) is 5.88 Å². The molecule has 1 aromatic rings. The molecule has 1 fully saturated rings. The summed E-state index contributed by atoms with van der Waals surface area (Å²) in [5.41, 5.74) is 5.98. The number of rotatable bonds is 3. The smallest absolute Gasteiger partial charge is 0.234 e. The van der Waals surface area contributed by atoms with Gasteiger partial charge < -0.3 is 15.4 Å².